The van der Waals surface area contributed by atoms with Crippen molar-refractivity contribution in [1.82, 2.24) is 0 Å². The van der Waals surface area contributed by atoms with Crippen LogP contribution in [0.15, 0.2) is 63.8 Å². The number of benzene rings is 2. The predicted octanol–water partition coefficient (Wildman–Crippen LogP) is 3.38. The number of aliphatic hydroxyl groups excluding tert-OH is 1. The largest absolute Gasteiger partial charge is 0.460 e. The fourth-order valence-electron chi connectivity index (χ4n) is 2.50. The highest BCUT2D eigenvalue weighted by molar-refractivity contribution is 5.82. The van der Waals surface area contributed by atoms with Crippen molar-refractivity contribution in [2.24, 2.45) is 0 Å². The summed E-state index contributed by atoms with van der Waals surface area (Å²) in [4.78, 5) is 12.8. The summed E-state index contributed by atoms with van der Waals surface area (Å²) < 4.78 is 5.92. The molecule has 21 heavy (non-hydrogen) atoms. The van der Waals surface area contributed by atoms with E-state index in [1.807, 2.05) is 42.5 Å². The summed E-state index contributed by atoms with van der Waals surface area (Å²) >= 11 is 0. The van der Waals surface area contributed by atoms with Crippen molar-refractivity contribution in [1.29, 1.82) is 0 Å². The van der Waals surface area contributed by atoms with Crippen LogP contribution in [-0.4, -0.2) is 11.7 Å². The lowest BCUT2D eigenvalue weighted by Gasteiger charge is -2.09. The Morgan fingerprint density at radius 1 is 0.952 bits per heavy atom. The van der Waals surface area contributed by atoms with Gasteiger partial charge in [0.05, 0.1) is 10.9 Å². The zero-order chi connectivity index (χ0) is 14.7. The van der Waals surface area contributed by atoms with Crippen LogP contribution >= 0.6 is 0 Å². The van der Waals surface area contributed by atoms with E-state index in [9.17, 15) is 4.79 Å². The third kappa shape index (κ3) is 2.60. The Balaban J connectivity index is 2.29. The second-order valence-corrected chi connectivity index (χ2v) is 4.92. The Kier molecular flexibility index (Phi) is 3.84. The quantitative estimate of drug-likeness (QED) is 0.797. The number of fused-ring (bicyclic) bond motifs is 1. The smallest absolute Gasteiger partial charge is 0.200 e. The van der Waals surface area contributed by atoms with Crippen molar-refractivity contribution in [3.63, 3.8) is 0 Å². The lowest BCUT2D eigenvalue weighted by molar-refractivity contribution is 0.284. The summed E-state index contributed by atoms with van der Waals surface area (Å²) in [6.45, 7) is 0.0742. The molecule has 3 heteroatoms. The molecule has 0 amide bonds. The van der Waals surface area contributed by atoms with E-state index in [1.54, 1.807) is 12.1 Å². The molecule has 0 aliphatic heterocycles. The molecular weight excluding hydrogens is 264 g/mol. The standard InChI is InChI=1S/C18H16O3/c19-12-6-11-16-17(13-7-2-1-3-8-13)18(20)14-9-4-5-10-15(14)21-16/h1-5,7-10,19H,6,11-12H2. The molecule has 2 aromatic carbocycles. The van der Waals surface area contributed by atoms with Gasteiger partial charge in [0.2, 0.25) is 5.43 Å². The molecule has 3 aromatic rings. The van der Waals surface area contributed by atoms with E-state index in [1.165, 1.54) is 0 Å². The van der Waals surface area contributed by atoms with Gasteiger partial charge < -0.3 is 9.52 Å². The van der Waals surface area contributed by atoms with E-state index in [-0.39, 0.29) is 12.0 Å². The van der Waals surface area contributed by atoms with E-state index < -0.39 is 0 Å². The Morgan fingerprint density at radius 2 is 1.67 bits per heavy atom. The van der Waals surface area contributed by atoms with Crippen molar-refractivity contribution < 1.29 is 9.52 Å². The molecule has 0 spiro atoms. The van der Waals surface area contributed by atoms with E-state index in [0.29, 0.717) is 35.1 Å². The molecule has 3 rings (SSSR count). The van der Waals surface area contributed by atoms with Crippen molar-refractivity contribution in [2.75, 3.05) is 6.61 Å². The SMILES string of the molecule is O=c1c(-c2ccccc2)c(CCCO)oc2ccccc12. The minimum Gasteiger partial charge on any atom is -0.460 e. The molecular formula is C18H16O3. The first-order valence-corrected chi connectivity index (χ1v) is 7.02. The van der Waals surface area contributed by atoms with Crippen LogP contribution in [0, 0.1) is 0 Å². The number of aliphatic hydroxyl groups is 1. The van der Waals surface area contributed by atoms with Gasteiger partial charge in [-0.05, 0) is 24.1 Å². The second-order valence-electron chi connectivity index (χ2n) is 4.92. The molecule has 1 N–H and O–H groups in total. The van der Waals surface area contributed by atoms with Crippen LogP contribution in [-0.2, 0) is 6.42 Å². The van der Waals surface area contributed by atoms with Gasteiger partial charge in [0.25, 0.3) is 0 Å². The fourth-order valence-corrected chi connectivity index (χ4v) is 2.50. The number of para-hydroxylation sites is 1. The maximum absolute atomic E-state index is 12.8. The van der Waals surface area contributed by atoms with Gasteiger partial charge in [-0.3, -0.25) is 4.79 Å². The first kappa shape index (κ1) is 13.6. The molecule has 0 saturated carbocycles. The molecule has 0 fully saturated rings. The summed E-state index contributed by atoms with van der Waals surface area (Å²) in [5.74, 6) is 0.638. The van der Waals surface area contributed by atoms with E-state index in [2.05, 4.69) is 0 Å². The zero-order valence-electron chi connectivity index (χ0n) is 11.6. The van der Waals surface area contributed by atoms with Gasteiger partial charge in [-0.15, -0.1) is 0 Å². The first-order chi connectivity index (χ1) is 10.3. The number of aryl methyl sites for hydroxylation is 1. The molecule has 0 bridgehead atoms. The van der Waals surface area contributed by atoms with Crippen molar-refractivity contribution >= 4 is 11.0 Å². The van der Waals surface area contributed by atoms with E-state index in [4.69, 9.17) is 9.52 Å². The van der Waals surface area contributed by atoms with Gasteiger partial charge in [-0.1, -0.05) is 42.5 Å². The predicted molar refractivity (Wildman–Crippen MR) is 83.3 cm³/mol. The molecule has 0 radical (unpaired) electrons. The molecule has 3 nitrogen and oxygen atoms in total. The van der Waals surface area contributed by atoms with Gasteiger partial charge in [0.15, 0.2) is 0 Å². The van der Waals surface area contributed by atoms with Crippen LogP contribution in [0.4, 0.5) is 0 Å². The van der Waals surface area contributed by atoms with Gasteiger partial charge >= 0.3 is 0 Å². The van der Waals surface area contributed by atoms with Crippen LogP contribution in [0.25, 0.3) is 22.1 Å². The highest BCUT2D eigenvalue weighted by Gasteiger charge is 2.15. The van der Waals surface area contributed by atoms with Crippen molar-refractivity contribution in [3.8, 4) is 11.1 Å². The Bertz CT molecular complexity index is 804. The number of hydrogen-bond acceptors (Lipinski definition) is 3. The summed E-state index contributed by atoms with van der Waals surface area (Å²) in [7, 11) is 0. The average Bonchev–Trinajstić information content (AvgIpc) is 2.54. The van der Waals surface area contributed by atoms with E-state index >= 15 is 0 Å². The van der Waals surface area contributed by atoms with Crippen molar-refractivity contribution in [3.05, 3.63) is 70.6 Å². The molecule has 0 unspecified atom stereocenters. The highest BCUT2D eigenvalue weighted by atomic mass is 16.3. The highest BCUT2D eigenvalue weighted by Crippen LogP contribution is 2.25. The number of rotatable bonds is 4. The summed E-state index contributed by atoms with van der Waals surface area (Å²) in [5.41, 5.74) is 2.03. The summed E-state index contributed by atoms with van der Waals surface area (Å²) in [6.07, 6.45) is 1.11. The van der Waals surface area contributed by atoms with Crippen LogP contribution < -0.4 is 5.43 Å². The molecule has 0 aliphatic carbocycles. The van der Waals surface area contributed by atoms with Gasteiger partial charge in [-0.2, -0.15) is 0 Å². The topological polar surface area (TPSA) is 50.4 Å². The van der Waals surface area contributed by atoms with Crippen LogP contribution in [0.2, 0.25) is 0 Å². The minimum absolute atomic E-state index is 0.0176. The first-order valence-electron chi connectivity index (χ1n) is 7.02. The molecule has 1 heterocycles. The monoisotopic (exact) mass is 280 g/mol. The maximum atomic E-state index is 12.8. The second kappa shape index (κ2) is 5.94. The van der Waals surface area contributed by atoms with Crippen molar-refractivity contribution in [2.45, 2.75) is 12.8 Å². The summed E-state index contributed by atoms with van der Waals surface area (Å²) in [5, 5.41) is 9.64. The lowest BCUT2D eigenvalue weighted by atomic mass is 10.00. The molecule has 0 aliphatic rings. The molecule has 0 saturated heterocycles. The average molecular weight is 280 g/mol. The Labute approximate surface area is 122 Å². The van der Waals surface area contributed by atoms with Crippen LogP contribution in [0.3, 0.4) is 0 Å². The van der Waals surface area contributed by atoms with E-state index in [0.717, 1.165) is 5.56 Å². The van der Waals surface area contributed by atoms with Gasteiger partial charge in [0.1, 0.15) is 11.3 Å². The Morgan fingerprint density at radius 3 is 2.43 bits per heavy atom. The minimum atomic E-state index is -0.0176. The van der Waals surface area contributed by atoms with Crippen LogP contribution in [0.5, 0.6) is 0 Å². The molecule has 0 atom stereocenters. The fraction of sp³-hybridized carbons (Fsp3) is 0.167. The van der Waals surface area contributed by atoms with Gasteiger partial charge in [-0.25, -0.2) is 0 Å². The normalized spacial score (nSPS) is 10.9. The lowest BCUT2D eigenvalue weighted by Crippen LogP contribution is -2.09. The third-order valence-electron chi connectivity index (χ3n) is 3.50. The number of hydrogen-bond donors (Lipinski definition) is 1. The summed E-state index contributed by atoms with van der Waals surface area (Å²) in [6, 6.07) is 16.8. The zero-order valence-corrected chi connectivity index (χ0v) is 11.6. The van der Waals surface area contributed by atoms with Crippen LogP contribution in [0.1, 0.15) is 12.2 Å². The van der Waals surface area contributed by atoms with Gasteiger partial charge in [0, 0.05) is 13.0 Å². The third-order valence-corrected chi connectivity index (χ3v) is 3.50. The Hall–Kier alpha value is -2.39. The molecule has 106 valence electrons. The maximum Gasteiger partial charge on any atom is 0.200 e. The molecule has 1 aromatic heterocycles.